The Morgan fingerprint density at radius 3 is 2.89 bits per heavy atom. The lowest BCUT2D eigenvalue weighted by molar-refractivity contribution is 0.839. The average molecular weight is 260 g/mol. The maximum Gasteiger partial charge on any atom is 0.133 e. The molecule has 0 N–H and O–H groups in total. The van der Waals surface area contributed by atoms with Gasteiger partial charge >= 0.3 is 0 Å². The number of hydrogen-bond donors (Lipinski definition) is 0. The van der Waals surface area contributed by atoms with E-state index in [9.17, 15) is 0 Å². The Kier molecular flexibility index (Phi) is 2.99. The molecule has 3 rings (SSSR count). The topological polar surface area (TPSA) is 41.9 Å². The monoisotopic (exact) mass is 260 g/mol. The first-order chi connectivity index (χ1) is 8.72. The smallest absolute Gasteiger partial charge is 0.133 e. The molecule has 1 fully saturated rings. The van der Waals surface area contributed by atoms with Gasteiger partial charge in [0.15, 0.2) is 0 Å². The van der Waals surface area contributed by atoms with Crippen LogP contribution in [0, 0.1) is 6.92 Å². The van der Waals surface area contributed by atoms with Gasteiger partial charge in [0.2, 0.25) is 0 Å². The Hall–Kier alpha value is -1.49. The van der Waals surface area contributed by atoms with Gasteiger partial charge in [-0.05, 0) is 25.8 Å². The molecule has 18 heavy (non-hydrogen) atoms. The quantitative estimate of drug-likeness (QED) is 0.847. The molecule has 0 spiro atoms. The molecule has 5 heteroatoms. The van der Waals surface area contributed by atoms with E-state index in [0.29, 0.717) is 5.92 Å². The van der Waals surface area contributed by atoms with Crippen molar-refractivity contribution in [2.24, 2.45) is 0 Å². The zero-order valence-corrected chi connectivity index (χ0v) is 11.4. The van der Waals surface area contributed by atoms with E-state index in [0.717, 1.165) is 28.9 Å². The van der Waals surface area contributed by atoms with E-state index in [-0.39, 0.29) is 0 Å². The van der Waals surface area contributed by atoms with Gasteiger partial charge in [-0.1, -0.05) is 0 Å². The van der Waals surface area contributed by atoms with E-state index in [2.05, 4.69) is 25.2 Å². The SMILES string of the molecule is Cc1nc(CN(C)c2ccnc(C3CC3)n2)cs1. The highest BCUT2D eigenvalue weighted by Crippen LogP contribution is 2.38. The van der Waals surface area contributed by atoms with Crippen LogP contribution in [0.2, 0.25) is 0 Å². The maximum absolute atomic E-state index is 4.63. The molecule has 2 heterocycles. The lowest BCUT2D eigenvalue weighted by Gasteiger charge is -2.17. The zero-order valence-electron chi connectivity index (χ0n) is 10.6. The summed E-state index contributed by atoms with van der Waals surface area (Å²) in [6.45, 7) is 2.83. The van der Waals surface area contributed by atoms with Crippen molar-refractivity contribution in [2.45, 2.75) is 32.2 Å². The van der Waals surface area contributed by atoms with Crippen molar-refractivity contribution in [1.29, 1.82) is 0 Å². The molecule has 0 bridgehead atoms. The predicted octanol–water partition coefficient (Wildman–Crippen LogP) is 2.76. The summed E-state index contributed by atoms with van der Waals surface area (Å²) in [5.41, 5.74) is 1.10. The molecule has 0 radical (unpaired) electrons. The molecule has 2 aromatic heterocycles. The van der Waals surface area contributed by atoms with Gasteiger partial charge < -0.3 is 4.90 Å². The molecular formula is C13H16N4S. The predicted molar refractivity (Wildman–Crippen MR) is 73.0 cm³/mol. The van der Waals surface area contributed by atoms with Crippen LogP contribution in [0.25, 0.3) is 0 Å². The van der Waals surface area contributed by atoms with Crippen molar-refractivity contribution in [3.63, 3.8) is 0 Å². The van der Waals surface area contributed by atoms with Crippen LogP contribution in [0.15, 0.2) is 17.6 Å². The lowest BCUT2D eigenvalue weighted by atomic mass is 10.3. The minimum Gasteiger partial charge on any atom is -0.354 e. The molecule has 0 saturated heterocycles. The van der Waals surface area contributed by atoms with Crippen molar-refractivity contribution < 1.29 is 0 Å². The third-order valence-electron chi connectivity index (χ3n) is 3.06. The molecular weight excluding hydrogens is 244 g/mol. The second kappa shape index (κ2) is 4.65. The van der Waals surface area contributed by atoms with E-state index in [4.69, 9.17) is 0 Å². The summed E-state index contributed by atoms with van der Waals surface area (Å²) < 4.78 is 0. The van der Waals surface area contributed by atoms with Gasteiger partial charge in [-0.15, -0.1) is 11.3 Å². The summed E-state index contributed by atoms with van der Waals surface area (Å²) in [4.78, 5) is 15.6. The van der Waals surface area contributed by atoms with Gasteiger partial charge in [0, 0.05) is 24.5 Å². The van der Waals surface area contributed by atoms with Gasteiger partial charge in [0.05, 0.1) is 17.2 Å². The number of thiazole rings is 1. The Labute approximate surface area is 111 Å². The van der Waals surface area contributed by atoms with E-state index in [1.165, 1.54) is 12.8 Å². The second-order valence-corrected chi connectivity index (χ2v) is 5.82. The second-order valence-electron chi connectivity index (χ2n) is 4.76. The molecule has 1 aliphatic carbocycles. The Balaban J connectivity index is 1.74. The van der Waals surface area contributed by atoms with Crippen molar-refractivity contribution in [3.05, 3.63) is 34.2 Å². The molecule has 94 valence electrons. The fourth-order valence-electron chi connectivity index (χ4n) is 1.92. The van der Waals surface area contributed by atoms with Crippen LogP contribution in [0.3, 0.4) is 0 Å². The largest absolute Gasteiger partial charge is 0.354 e. The van der Waals surface area contributed by atoms with Gasteiger partial charge in [-0.2, -0.15) is 0 Å². The van der Waals surface area contributed by atoms with Crippen LogP contribution in [-0.2, 0) is 6.54 Å². The van der Waals surface area contributed by atoms with E-state index in [1.54, 1.807) is 11.3 Å². The minimum absolute atomic E-state index is 0.597. The molecule has 0 atom stereocenters. The van der Waals surface area contributed by atoms with E-state index >= 15 is 0 Å². The van der Waals surface area contributed by atoms with Crippen LogP contribution < -0.4 is 4.90 Å². The van der Waals surface area contributed by atoms with Crippen molar-refractivity contribution in [3.8, 4) is 0 Å². The number of anilines is 1. The van der Waals surface area contributed by atoms with Gasteiger partial charge in [-0.25, -0.2) is 15.0 Å². The third kappa shape index (κ3) is 2.51. The number of aryl methyl sites for hydroxylation is 1. The number of hydrogen-bond acceptors (Lipinski definition) is 5. The fourth-order valence-corrected chi connectivity index (χ4v) is 2.52. The highest BCUT2D eigenvalue weighted by atomic mass is 32.1. The molecule has 0 unspecified atom stereocenters. The fraction of sp³-hybridized carbons (Fsp3) is 0.462. The van der Waals surface area contributed by atoms with E-state index < -0.39 is 0 Å². The maximum atomic E-state index is 4.63. The molecule has 2 aromatic rings. The summed E-state index contributed by atoms with van der Waals surface area (Å²) in [5.74, 6) is 2.58. The van der Waals surface area contributed by atoms with Crippen molar-refractivity contribution in [2.75, 3.05) is 11.9 Å². The van der Waals surface area contributed by atoms with Crippen molar-refractivity contribution in [1.82, 2.24) is 15.0 Å². The molecule has 1 aliphatic rings. The summed E-state index contributed by atoms with van der Waals surface area (Å²) in [7, 11) is 2.05. The molecule has 0 aromatic carbocycles. The Bertz CT molecular complexity index is 547. The summed E-state index contributed by atoms with van der Waals surface area (Å²) >= 11 is 1.69. The number of rotatable bonds is 4. The zero-order chi connectivity index (χ0) is 12.5. The van der Waals surface area contributed by atoms with Gasteiger partial charge in [-0.3, -0.25) is 0 Å². The standard InChI is InChI=1S/C13H16N4S/c1-9-15-11(8-18-9)7-17(2)12-5-6-14-13(16-12)10-3-4-10/h5-6,8,10H,3-4,7H2,1-2H3. The highest BCUT2D eigenvalue weighted by molar-refractivity contribution is 7.09. The average Bonchev–Trinajstić information content (AvgIpc) is 3.14. The Morgan fingerprint density at radius 1 is 1.39 bits per heavy atom. The minimum atomic E-state index is 0.597. The number of aromatic nitrogens is 3. The van der Waals surface area contributed by atoms with E-state index in [1.807, 2.05) is 26.2 Å². The molecule has 1 saturated carbocycles. The van der Waals surface area contributed by atoms with Gasteiger partial charge in [0.25, 0.3) is 0 Å². The van der Waals surface area contributed by atoms with Crippen LogP contribution >= 0.6 is 11.3 Å². The first kappa shape index (κ1) is 11.6. The summed E-state index contributed by atoms with van der Waals surface area (Å²) in [5, 5.41) is 3.22. The van der Waals surface area contributed by atoms with Crippen LogP contribution in [0.5, 0.6) is 0 Å². The van der Waals surface area contributed by atoms with Crippen molar-refractivity contribution >= 4 is 17.2 Å². The summed E-state index contributed by atoms with van der Waals surface area (Å²) in [6.07, 6.45) is 4.33. The van der Waals surface area contributed by atoms with Crippen LogP contribution in [0.1, 0.15) is 35.3 Å². The lowest BCUT2D eigenvalue weighted by Crippen LogP contribution is -2.18. The normalized spacial score (nSPS) is 14.8. The molecule has 0 amide bonds. The summed E-state index contributed by atoms with van der Waals surface area (Å²) in [6, 6.07) is 1.96. The first-order valence-corrected chi connectivity index (χ1v) is 7.05. The van der Waals surface area contributed by atoms with Crippen LogP contribution in [0.4, 0.5) is 5.82 Å². The molecule has 0 aliphatic heterocycles. The van der Waals surface area contributed by atoms with Crippen LogP contribution in [-0.4, -0.2) is 22.0 Å². The third-order valence-corrected chi connectivity index (χ3v) is 3.88. The van der Waals surface area contributed by atoms with Gasteiger partial charge in [0.1, 0.15) is 11.6 Å². The Morgan fingerprint density at radius 2 is 2.22 bits per heavy atom. The molecule has 4 nitrogen and oxygen atoms in total. The highest BCUT2D eigenvalue weighted by Gasteiger charge is 2.26. The number of nitrogens with zero attached hydrogens (tertiary/aromatic N) is 4. The first-order valence-electron chi connectivity index (χ1n) is 6.17.